The van der Waals surface area contributed by atoms with Gasteiger partial charge < -0.3 is 34.9 Å². The molecule has 0 bridgehead atoms. The van der Waals surface area contributed by atoms with Crippen molar-refractivity contribution >= 4 is 41.0 Å². The molecule has 2 aliphatic heterocycles. The summed E-state index contributed by atoms with van der Waals surface area (Å²) in [6, 6.07) is 13.2. The number of nitrogens with one attached hydrogen (secondary N) is 2. The average molecular weight is 663 g/mol. The number of ether oxygens (including phenoxy) is 3. The number of hydrogen-bond donors (Lipinski definition) is 3. The number of benzene rings is 3. The maximum atomic E-state index is 14.6. The van der Waals surface area contributed by atoms with Crippen molar-refractivity contribution in [1.82, 2.24) is 10.6 Å². The highest BCUT2D eigenvalue weighted by Crippen LogP contribution is 2.34. The Kier molecular flexibility index (Phi) is 10.4. The maximum Gasteiger partial charge on any atom is 0.310 e. The lowest BCUT2D eigenvalue weighted by atomic mass is 10.0. The Morgan fingerprint density at radius 1 is 1.00 bits per heavy atom. The van der Waals surface area contributed by atoms with E-state index in [0.717, 1.165) is 27.5 Å². The molecule has 0 aliphatic carbocycles. The van der Waals surface area contributed by atoms with Crippen LogP contribution in [0.5, 0.6) is 5.75 Å². The van der Waals surface area contributed by atoms with E-state index < -0.39 is 73.5 Å². The van der Waals surface area contributed by atoms with Gasteiger partial charge in [0.2, 0.25) is 12.2 Å². The molecule has 3 N–H and O–H groups in total. The van der Waals surface area contributed by atoms with Gasteiger partial charge in [0.1, 0.15) is 36.8 Å². The van der Waals surface area contributed by atoms with Gasteiger partial charge in [-0.15, -0.1) is 0 Å². The van der Waals surface area contributed by atoms with Crippen LogP contribution in [0.4, 0.5) is 15.8 Å². The van der Waals surface area contributed by atoms with Gasteiger partial charge in [-0.25, -0.2) is 4.39 Å². The Morgan fingerprint density at radius 2 is 1.71 bits per heavy atom. The number of phenols is 1. The minimum absolute atomic E-state index is 0.0187. The smallest absolute Gasteiger partial charge is 0.310 e. The number of phenolic OH excluding ortho intramolecular Hbond substituents is 1. The van der Waals surface area contributed by atoms with Crippen molar-refractivity contribution in [2.45, 2.75) is 45.2 Å². The zero-order valence-electron chi connectivity index (χ0n) is 26.5. The Labute approximate surface area is 275 Å². The fraction of sp³-hybridized carbons (Fsp3) is 0.324. The van der Waals surface area contributed by atoms with Gasteiger partial charge in [-0.1, -0.05) is 30.3 Å². The number of halogens is 1. The van der Waals surface area contributed by atoms with E-state index in [0.29, 0.717) is 11.1 Å². The van der Waals surface area contributed by atoms with Gasteiger partial charge in [0, 0.05) is 12.7 Å². The molecule has 0 radical (unpaired) electrons. The highest BCUT2D eigenvalue weighted by Gasteiger charge is 2.40. The van der Waals surface area contributed by atoms with Gasteiger partial charge in [0.05, 0.1) is 30.9 Å². The summed E-state index contributed by atoms with van der Waals surface area (Å²) in [6.45, 7) is 1.91. The monoisotopic (exact) mass is 662 g/mol. The second-order valence-corrected chi connectivity index (χ2v) is 11.5. The number of carbonyl (C=O) groups is 5. The topological polar surface area (TPSA) is 164 Å². The van der Waals surface area contributed by atoms with Gasteiger partial charge >= 0.3 is 5.97 Å². The third-order valence-corrected chi connectivity index (χ3v) is 7.94. The van der Waals surface area contributed by atoms with Crippen molar-refractivity contribution in [3.05, 3.63) is 88.7 Å². The Morgan fingerprint density at radius 3 is 2.40 bits per heavy atom. The quantitative estimate of drug-likeness (QED) is 0.276. The number of rotatable bonds is 10. The van der Waals surface area contributed by atoms with E-state index in [1.54, 1.807) is 13.8 Å². The zero-order chi connectivity index (χ0) is 34.5. The summed E-state index contributed by atoms with van der Waals surface area (Å²) in [5.74, 6) is -4.05. The first-order valence-corrected chi connectivity index (χ1v) is 15.1. The lowest BCUT2D eigenvalue weighted by molar-refractivity contribution is -0.168. The zero-order valence-corrected chi connectivity index (χ0v) is 26.5. The van der Waals surface area contributed by atoms with Gasteiger partial charge in [0.15, 0.2) is 0 Å². The molecule has 1 fully saturated rings. The Hall–Kier alpha value is -5.34. The van der Waals surface area contributed by atoms with E-state index >= 15 is 0 Å². The number of aromatic hydroxyl groups is 1. The summed E-state index contributed by atoms with van der Waals surface area (Å²) in [6.07, 6.45) is -1.26. The third kappa shape index (κ3) is 7.61. The molecule has 3 aromatic carbocycles. The fourth-order valence-electron chi connectivity index (χ4n) is 5.60. The first kappa shape index (κ1) is 34.0. The molecule has 3 atom stereocenters. The highest BCUT2D eigenvalue weighted by molar-refractivity contribution is 6.11. The lowest BCUT2D eigenvalue weighted by Gasteiger charge is -2.26. The van der Waals surface area contributed by atoms with Crippen molar-refractivity contribution < 1.29 is 47.7 Å². The summed E-state index contributed by atoms with van der Waals surface area (Å²) in [5.41, 5.74) is 1.86. The minimum Gasteiger partial charge on any atom is -0.507 e. The second-order valence-electron chi connectivity index (χ2n) is 11.5. The van der Waals surface area contributed by atoms with Crippen molar-refractivity contribution in [2.24, 2.45) is 0 Å². The van der Waals surface area contributed by atoms with Crippen LogP contribution in [0.1, 0.15) is 33.5 Å². The van der Waals surface area contributed by atoms with Crippen molar-refractivity contribution in [1.29, 1.82) is 0 Å². The molecule has 4 amide bonds. The van der Waals surface area contributed by atoms with Crippen LogP contribution >= 0.6 is 0 Å². The average Bonchev–Trinajstić information content (AvgIpc) is 3.36. The maximum absolute atomic E-state index is 14.6. The summed E-state index contributed by atoms with van der Waals surface area (Å²) >= 11 is 0. The van der Waals surface area contributed by atoms with Crippen LogP contribution < -0.4 is 20.4 Å². The molecular weight excluding hydrogens is 627 g/mol. The van der Waals surface area contributed by atoms with Crippen LogP contribution in [-0.2, 0) is 40.0 Å². The van der Waals surface area contributed by atoms with Crippen molar-refractivity contribution in [3.8, 4) is 5.75 Å². The van der Waals surface area contributed by atoms with Crippen LogP contribution in [0.25, 0.3) is 0 Å². The fourth-order valence-corrected chi connectivity index (χ4v) is 5.60. The molecule has 2 aliphatic rings. The number of anilines is 2. The summed E-state index contributed by atoms with van der Waals surface area (Å²) < 4.78 is 30.7. The molecule has 0 aromatic heterocycles. The van der Waals surface area contributed by atoms with E-state index in [9.17, 15) is 33.5 Å². The van der Waals surface area contributed by atoms with Gasteiger partial charge in [-0.2, -0.15) is 0 Å². The van der Waals surface area contributed by atoms with Crippen LogP contribution in [0.15, 0.2) is 60.7 Å². The number of fused-ring (bicyclic) bond motifs is 1. The van der Waals surface area contributed by atoms with Crippen LogP contribution in [-0.4, -0.2) is 79.9 Å². The standard InChI is InChI=1S/C34H35FN4O9/c1-19-11-22(12-20(2)31(19)43)32(44)37-25-15-38(29(41)18-46-3)27-13-23(35)9-10-26(27)39(33(25)45)16-28(40)36-24-14-30(42)48-34(24)47-17-21-7-5-4-6-8-21/h4-13,24-25,34,43H,14-18H2,1-3H3,(H,36,40)(H,37,44)/t24-,25-,34?/m0/s1. The second kappa shape index (κ2) is 14.6. The van der Waals surface area contributed by atoms with Crippen LogP contribution in [0.2, 0.25) is 0 Å². The van der Waals surface area contributed by atoms with Crippen molar-refractivity contribution in [3.63, 3.8) is 0 Å². The summed E-state index contributed by atoms with van der Waals surface area (Å²) in [7, 11) is 1.30. The molecule has 48 heavy (non-hydrogen) atoms. The minimum atomic E-state index is -1.39. The molecule has 2 heterocycles. The molecule has 0 saturated carbocycles. The number of methoxy groups -OCH3 is 1. The molecule has 1 unspecified atom stereocenters. The molecule has 0 spiro atoms. The molecule has 252 valence electrons. The van der Waals surface area contributed by atoms with E-state index in [2.05, 4.69) is 10.6 Å². The van der Waals surface area contributed by atoms with E-state index in [1.807, 2.05) is 30.3 Å². The lowest BCUT2D eigenvalue weighted by Crippen LogP contribution is -2.55. The first-order chi connectivity index (χ1) is 22.9. The van der Waals surface area contributed by atoms with Crippen LogP contribution in [0, 0.1) is 19.7 Å². The summed E-state index contributed by atoms with van der Waals surface area (Å²) in [5, 5.41) is 15.5. The SMILES string of the molecule is COCC(=O)N1C[C@H](NC(=O)c2cc(C)c(O)c(C)c2)C(=O)N(CC(=O)N[C@H]2CC(=O)OC2OCc2ccccc2)c2ccc(F)cc21. The molecule has 1 saturated heterocycles. The number of amides is 4. The number of cyclic esters (lactones) is 1. The number of nitrogens with zero attached hydrogens (tertiary/aromatic N) is 2. The van der Waals surface area contributed by atoms with E-state index in [4.69, 9.17) is 14.2 Å². The number of esters is 1. The predicted octanol–water partition coefficient (Wildman–Crippen LogP) is 2.25. The number of aryl methyl sites for hydroxylation is 2. The first-order valence-electron chi connectivity index (χ1n) is 15.1. The normalized spacial score (nSPS) is 19.0. The highest BCUT2D eigenvalue weighted by atomic mass is 19.1. The molecule has 14 heteroatoms. The number of carbonyl (C=O) groups excluding carboxylic acids is 5. The third-order valence-electron chi connectivity index (χ3n) is 7.94. The number of hydrogen-bond acceptors (Lipinski definition) is 9. The Balaban J connectivity index is 1.42. The van der Waals surface area contributed by atoms with Crippen molar-refractivity contribution in [2.75, 3.05) is 36.6 Å². The Bertz CT molecular complexity index is 1710. The van der Waals surface area contributed by atoms with E-state index in [-0.39, 0.29) is 35.7 Å². The largest absolute Gasteiger partial charge is 0.507 e. The summed E-state index contributed by atoms with van der Waals surface area (Å²) in [4.78, 5) is 68.6. The van der Waals surface area contributed by atoms with Gasteiger partial charge in [-0.05, 0) is 60.9 Å². The van der Waals surface area contributed by atoms with Crippen LogP contribution in [0.3, 0.4) is 0 Å². The van der Waals surface area contributed by atoms with E-state index in [1.165, 1.54) is 25.3 Å². The predicted molar refractivity (Wildman–Crippen MR) is 169 cm³/mol. The molecule has 3 aromatic rings. The molecule has 5 rings (SSSR count). The molecular formula is C34H35FN4O9. The van der Waals surface area contributed by atoms with Gasteiger partial charge in [0.25, 0.3) is 17.7 Å². The molecule has 13 nitrogen and oxygen atoms in total. The van der Waals surface area contributed by atoms with Gasteiger partial charge in [-0.3, -0.25) is 28.9 Å².